The number of amides is 1. The van der Waals surface area contributed by atoms with Crippen molar-refractivity contribution in [2.75, 3.05) is 39.4 Å². The van der Waals surface area contributed by atoms with Gasteiger partial charge in [-0.1, -0.05) is 0 Å². The SMILES string of the molecule is Cl.O=C(c1ccnc(C2CCNCC2)c1)N1CCCOCC1. The van der Waals surface area contributed by atoms with Crippen molar-refractivity contribution in [1.82, 2.24) is 15.2 Å². The van der Waals surface area contributed by atoms with E-state index in [-0.39, 0.29) is 18.3 Å². The van der Waals surface area contributed by atoms with Crippen LogP contribution in [0.5, 0.6) is 0 Å². The highest BCUT2D eigenvalue weighted by Crippen LogP contribution is 2.24. The van der Waals surface area contributed by atoms with Gasteiger partial charge in [-0.2, -0.15) is 0 Å². The van der Waals surface area contributed by atoms with E-state index in [1.54, 1.807) is 6.20 Å². The number of hydrogen-bond donors (Lipinski definition) is 1. The Kier molecular flexibility index (Phi) is 6.61. The largest absolute Gasteiger partial charge is 0.380 e. The number of ether oxygens (including phenoxy) is 1. The number of nitrogens with zero attached hydrogens (tertiary/aromatic N) is 2. The van der Waals surface area contributed by atoms with Crippen LogP contribution in [0.2, 0.25) is 0 Å². The number of pyridine rings is 1. The molecular formula is C16H24ClN3O2. The fourth-order valence-electron chi connectivity index (χ4n) is 3.05. The molecule has 1 aromatic heterocycles. The van der Waals surface area contributed by atoms with Gasteiger partial charge in [-0.15, -0.1) is 12.4 Å². The Labute approximate surface area is 137 Å². The fourth-order valence-corrected chi connectivity index (χ4v) is 3.05. The summed E-state index contributed by atoms with van der Waals surface area (Å²) < 4.78 is 5.42. The first-order valence-electron chi connectivity index (χ1n) is 7.88. The van der Waals surface area contributed by atoms with Gasteiger partial charge in [0.15, 0.2) is 0 Å². The van der Waals surface area contributed by atoms with E-state index >= 15 is 0 Å². The minimum absolute atomic E-state index is 0. The molecule has 0 saturated carbocycles. The van der Waals surface area contributed by atoms with Crippen LogP contribution in [-0.4, -0.2) is 55.2 Å². The summed E-state index contributed by atoms with van der Waals surface area (Å²) in [7, 11) is 0. The fraction of sp³-hybridized carbons (Fsp3) is 0.625. The second-order valence-corrected chi connectivity index (χ2v) is 5.75. The molecule has 122 valence electrons. The van der Waals surface area contributed by atoms with E-state index in [1.807, 2.05) is 17.0 Å². The van der Waals surface area contributed by atoms with E-state index < -0.39 is 0 Å². The summed E-state index contributed by atoms with van der Waals surface area (Å²) in [4.78, 5) is 19.0. The lowest BCUT2D eigenvalue weighted by Gasteiger charge is -2.23. The van der Waals surface area contributed by atoms with E-state index in [0.29, 0.717) is 19.1 Å². The van der Waals surface area contributed by atoms with Crippen LogP contribution in [0.3, 0.4) is 0 Å². The van der Waals surface area contributed by atoms with E-state index in [1.165, 1.54) is 0 Å². The van der Waals surface area contributed by atoms with Gasteiger partial charge in [0.05, 0.1) is 6.61 Å². The van der Waals surface area contributed by atoms with Crippen molar-refractivity contribution in [2.45, 2.75) is 25.2 Å². The first kappa shape index (κ1) is 17.2. The lowest BCUT2D eigenvalue weighted by atomic mass is 9.93. The van der Waals surface area contributed by atoms with Crippen LogP contribution in [0.1, 0.15) is 41.2 Å². The summed E-state index contributed by atoms with van der Waals surface area (Å²) in [6.45, 7) is 4.92. The average Bonchev–Trinajstić information content (AvgIpc) is 2.84. The molecule has 0 radical (unpaired) electrons. The van der Waals surface area contributed by atoms with Crippen molar-refractivity contribution >= 4 is 18.3 Å². The molecule has 3 heterocycles. The lowest BCUT2D eigenvalue weighted by Crippen LogP contribution is -2.33. The first-order valence-corrected chi connectivity index (χ1v) is 7.88. The van der Waals surface area contributed by atoms with E-state index in [0.717, 1.165) is 56.8 Å². The quantitative estimate of drug-likeness (QED) is 0.901. The molecule has 0 bridgehead atoms. The minimum Gasteiger partial charge on any atom is -0.380 e. The first-order chi connectivity index (χ1) is 10.3. The Morgan fingerprint density at radius 3 is 2.91 bits per heavy atom. The van der Waals surface area contributed by atoms with E-state index in [4.69, 9.17) is 4.74 Å². The van der Waals surface area contributed by atoms with Gasteiger partial charge in [0.1, 0.15) is 0 Å². The van der Waals surface area contributed by atoms with Gasteiger partial charge < -0.3 is 15.0 Å². The molecule has 2 fully saturated rings. The molecule has 3 rings (SSSR count). The highest BCUT2D eigenvalue weighted by Gasteiger charge is 2.21. The average molecular weight is 326 g/mol. The maximum absolute atomic E-state index is 12.6. The summed E-state index contributed by atoms with van der Waals surface area (Å²) in [5.41, 5.74) is 1.83. The number of carbonyl (C=O) groups excluding carboxylic acids is 1. The van der Waals surface area contributed by atoms with Gasteiger partial charge in [-0.25, -0.2) is 0 Å². The van der Waals surface area contributed by atoms with Crippen LogP contribution in [0.15, 0.2) is 18.3 Å². The molecule has 0 aliphatic carbocycles. The maximum Gasteiger partial charge on any atom is 0.254 e. The van der Waals surface area contributed by atoms with E-state index in [2.05, 4.69) is 10.3 Å². The van der Waals surface area contributed by atoms with Gasteiger partial charge in [0.2, 0.25) is 0 Å². The molecule has 2 saturated heterocycles. The number of nitrogens with one attached hydrogen (secondary N) is 1. The summed E-state index contributed by atoms with van der Waals surface area (Å²) >= 11 is 0. The van der Waals surface area contributed by atoms with Gasteiger partial charge in [0.25, 0.3) is 5.91 Å². The maximum atomic E-state index is 12.6. The number of piperidine rings is 1. The van der Waals surface area contributed by atoms with Gasteiger partial charge in [-0.3, -0.25) is 9.78 Å². The molecule has 1 amide bonds. The Morgan fingerprint density at radius 1 is 1.27 bits per heavy atom. The molecule has 2 aliphatic rings. The summed E-state index contributed by atoms with van der Waals surface area (Å²) in [6.07, 6.45) is 4.89. The van der Waals surface area contributed by atoms with Crippen LogP contribution in [0, 0.1) is 0 Å². The van der Waals surface area contributed by atoms with Gasteiger partial charge in [-0.05, 0) is 44.5 Å². The van der Waals surface area contributed by atoms with Crippen molar-refractivity contribution in [1.29, 1.82) is 0 Å². The molecule has 6 heteroatoms. The van der Waals surface area contributed by atoms with Crippen LogP contribution in [-0.2, 0) is 4.74 Å². The van der Waals surface area contributed by atoms with Gasteiger partial charge >= 0.3 is 0 Å². The Balaban J connectivity index is 0.00000176. The molecule has 22 heavy (non-hydrogen) atoms. The number of rotatable bonds is 2. The molecule has 5 nitrogen and oxygen atoms in total. The molecular weight excluding hydrogens is 302 g/mol. The van der Waals surface area contributed by atoms with Crippen molar-refractivity contribution in [3.63, 3.8) is 0 Å². The zero-order valence-corrected chi connectivity index (χ0v) is 13.6. The zero-order chi connectivity index (χ0) is 14.5. The van der Waals surface area contributed by atoms with Crippen molar-refractivity contribution in [3.8, 4) is 0 Å². The molecule has 0 unspecified atom stereocenters. The summed E-state index contributed by atoms with van der Waals surface area (Å²) in [6, 6.07) is 3.82. The van der Waals surface area contributed by atoms with Crippen molar-refractivity contribution in [3.05, 3.63) is 29.6 Å². The molecule has 1 aromatic rings. The monoisotopic (exact) mass is 325 g/mol. The third kappa shape index (κ3) is 4.18. The molecule has 0 aromatic carbocycles. The Morgan fingerprint density at radius 2 is 2.09 bits per heavy atom. The van der Waals surface area contributed by atoms with Crippen LogP contribution in [0.4, 0.5) is 0 Å². The number of carbonyl (C=O) groups is 1. The van der Waals surface area contributed by atoms with Crippen LogP contribution >= 0.6 is 12.4 Å². The minimum atomic E-state index is 0. The number of aromatic nitrogens is 1. The predicted octanol–water partition coefficient (Wildman–Crippen LogP) is 1.83. The van der Waals surface area contributed by atoms with Crippen LogP contribution in [0.25, 0.3) is 0 Å². The lowest BCUT2D eigenvalue weighted by molar-refractivity contribution is 0.0741. The summed E-state index contributed by atoms with van der Waals surface area (Å²) in [5.74, 6) is 0.588. The van der Waals surface area contributed by atoms with Crippen molar-refractivity contribution < 1.29 is 9.53 Å². The Bertz CT molecular complexity index is 484. The van der Waals surface area contributed by atoms with Crippen molar-refractivity contribution in [2.24, 2.45) is 0 Å². The van der Waals surface area contributed by atoms with E-state index in [9.17, 15) is 4.79 Å². The number of halogens is 1. The van der Waals surface area contributed by atoms with Crippen LogP contribution < -0.4 is 5.32 Å². The second kappa shape index (κ2) is 8.46. The predicted molar refractivity (Wildman–Crippen MR) is 87.7 cm³/mol. The zero-order valence-electron chi connectivity index (χ0n) is 12.8. The highest BCUT2D eigenvalue weighted by molar-refractivity contribution is 5.94. The Hall–Kier alpha value is -1.17. The topological polar surface area (TPSA) is 54.5 Å². The molecule has 2 aliphatic heterocycles. The third-order valence-electron chi connectivity index (χ3n) is 4.29. The molecule has 0 spiro atoms. The standard InChI is InChI=1S/C16H23N3O2.ClH/c20-16(19-8-1-10-21-11-9-19)14-4-7-18-15(12-14)13-2-5-17-6-3-13;/h4,7,12-13,17H,1-3,5-6,8-11H2;1H. The summed E-state index contributed by atoms with van der Waals surface area (Å²) in [5, 5.41) is 3.36. The number of hydrogen-bond acceptors (Lipinski definition) is 4. The normalized spacial score (nSPS) is 20.1. The second-order valence-electron chi connectivity index (χ2n) is 5.75. The smallest absolute Gasteiger partial charge is 0.254 e. The highest BCUT2D eigenvalue weighted by atomic mass is 35.5. The van der Waals surface area contributed by atoms with Gasteiger partial charge in [0, 0.05) is 43.1 Å². The third-order valence-corrected chi connectivity index (χ3v) is 4.29. The molecule has 0 atom stereocenters. The molecule has 1 N–H and O–H groups in total.